The van der Waals surface area contributed by atoms with Crippen LogP contribution in [0.4, 0.5) is 4.79 Å². The zero-order valence-corrected chi connectivity index (χ0v) is 11.0. The van der Waals surface area contributed by atoms with Crippen molar-refractivity contribution >= 4 is 12.0 Å². The van der Waals surface area contributed by atoms with Gasteiger partial charge in [-0.15, -0.1) is 0 Å². The van der Waals surface area contributed by atoms with Crippen LogP contribution in [0.5, 0.6) is 0 Å². The van der Waals surface area contributed by atoms with Crippen molar-refractivity contribution < 1.29 is 14.7 Å². The molecule has 2 fully saturated rings. The smallest absolute Gasteiger partial charge is 0.320 e. The summed E-state index contributed by atoms with van der Waals surface area (Å²) in [6.45, 7) is 3.89. The third kappa shape index (κ3) is 3.62. The summed E-state index contributed by atoms with van der Waals surface area (Å²) >= 11 is 0. The minimum absolute atomic E-state index is 0.0353. The van der Waals surface area contributed by atoms with Crippen molar-refractivity contribution in [1.29, 1.82) is 0 Å². The highest BCUT2D eigenvalue weighted by atomic mass is 16.4. The van der Waals surface area contributed by atoms with Gasteiger partial charge in [0.1, 0.15) is 0 Å². The van der Waals surface area contributed by atoms with Crippen LogP contribution in [0.15, 0.2) is 0 Å². The van der Waals surface area contributed by atoms with E-state index in [4.69, 9.17) is 5.11 Å². The largest absolute Gasteiger partial charge is 0.481 e. The Balaban J connectivity index is 1.90. The van der Waals surface area contributed by atoms with Gasteiger partial charge in [-0.25, -0.2) is 4.79 Å². The van der Waals surface area contributed by atoms with Crippen LogP contribution < -0.4 is 0 Å². The molecule has 0 unspecified atom stereocenters. The molecule has 18 heavy (non-hydrogen) atoms. The first-order valence-corrected chi connectivity index (χ1v) is 6.89. The number of nitrogens with zero attached hydrogens (tertiary/aromatic N) is 2. The number of aliphatic carboxylic acids is 1. The second-order valence-corrected chi connectivity index (χ2v) is 5.33. The minimum Gasteiger partial charge on any atom is -0.481 e. The van der Waals surface area contributed by atoms with Crippen LogP contribution in [-0.2, 0) is 4.79 Å². The second-order valence-electron chi connectivity index (χ2n) is 5.33. The average Bonchev–Trinajstić information content (AvgIpc) is 3.18. The molecule has 102 valence electrons. The molecule has 1 N–H and O–H groups in total. The van der Waals surface area contributed by atoms with Crippen LogP contribution in [0.3, 0.4) is 0 Å². The maximum atomic E-state index is 12.4. The first-order valence-electron chi connectivity index (χ1n) is 6.89. The Kier molecular flexibility index (Phi) is 4.09. The molecule has 0 saturated heterocycles. The fourth-order valence-corrected chi connectivity index (χ4v) is 2.17. The lowest BCUT2D eigenvalue weighted by Crippen LogP contribution is -2.45. The lowest BCUT2D eigenvalue weighted by atomic mass is 10.3. The van der Waals surface area contributed by atoms with Crippen molar-refractivity contribution in [1.82, 2.24) is 9.80 Å². The molecule has 2 saturated carbocycles. The maximum absolute atomic E-state index is 12.4. The van der Waals surface area contributed by atoms with Gasteiger partial charge in [0, 0.05) is 25.7 Å². The molecule has 0 aromatic carbocycles. The molecule has 0 heterocycles. The number of carbonyl (C=O) groups is 2. The molecular formula is C13H22N2O3. The third-order valence-corrected chi connectivity index (χ3v) is 3.63. The lowest BCUT2D eigenvalue weighted by Gasteiger charge is -2.30. The topological polar surface area (TPSA) is 60.9 Å². The van der Waals surface area contributed by atoms with E-state index >= 15 is 0 Å². The number of carboxylic acids is 1. The predicted molar refractivity (Wildman–Crippen MR) is 67.3 cm³/mol. The van der Waals surface area contributed by atoms with E-state index in [9.17, 15) is 9.59 Å². The molecule has 0 aliphatic heterocycles. The molecule has 0 aromatic rings. The molecule has 2 amide bonds. The van der Waals surface area contributed by atoms with Crippen LogP contribution in [0.25, 0.3) is 0 Å². The molecule has 0 spiro atoms. The highest BCUT2D eigenvalue weighted by Crippen LogP contribution is 2.32. The van der Waals surface area contributed by atoms with Gasteiger partial charge < -0.3 is 14.9 Å². The predicted octanol–water partition coefficient (Wildman–Crippen LogP) is 1.78. The number of carbonyl (C=O) groups excluding carboxylic acids is 1. The highest BCUT2D eigenvalue weighted by Gasteiger charge is 2.36. The van der Waals surface area contributed by atoms with Gasteiger partial charge in [-0.3, -0.25) is 4.79 Å². The van der Waals surface area contributed by atoms with Crippen molar-refractivity contribution in [3.8, 4) is 0 Å². The molecule has 0 atom stereocenters. The first-order chi connectivity index (χ1) is 8.61. The van der Waals surface area contributed by atoms with Gasteiger partial charge in [-0.1, -0.05) is 0 Å². The third-order valence-electron chi connectivity index (χ3n) is 3.63. The van der Waals surface area contributed by atoms with Crippen molar-refractivity contribution in [3.63, 3.8) is 0 Å². The molecule has 5 heteroatoms. The molecule has 2 aliphatic carbocycles. The van der Waals surface area contributed by atoms with Crippen molar-refractivity contribution in [3.05, 3.63) is 0 Å². The van der Waals surface area contributed by atoms with E-state index in [-0.39, 0.29) is 18.5 Å². The van der Waals surface area contributed by atoms with Crippen LogP contribution in [0.1, 0.15) is 39.0 Å². The summed E-state index contributed by atoms with van der Waals surface area (Å²) in [5, 5.41) is 8.75. The van der Waals surface area contributed by atoms with Gasteiger partial charge >= 0.3 is 12.0 Å². The van der Waals surface area contributed by atoms with Gasteiger partial charge in [0.05, 0.1) is 6.42 Å². The van der Waals surface area contributed by atoms with Crippen LogP contribution in [0, 0.1) is 5.92 Å². The highest BCUT2D eigenvalue weighted by molar-refractivity contribution is 5.76. The fraction of sp³-hybridized carbons (Fsp3) is 0.846. The molecule has 0 aromatic heterocycles. The van der Waals surface area contributed by atoms with Gasteiger partial charge in [0.25, 0.3) is 0 Å². The van der Waals surface area contributed by atoms with E-state index in [2.05, 4.69) is 0 Å². The summed E-state index contributed by atoms with van der Waals surface area (Å²) in [4.78, 5) is 26.7. The van der Waals surface area contributed by atoms with E-state index < -0.39 is 5.97 Å². The summed E-state index contributed by atoms with van der Waals surface area (Å²) in [5.41, 5.74) is 0. The lowest BCUT2D eigenvalue weighted by molar-refractivity contribution is -0.137. The quantitative estimate of drug-likeness (QED) is 0.753. The normalized spacial score (nSPS) is 18.5. The number of carboxylic acid groups (broad SMARTS) is 1. The fourth-order valence-electron chi connectivity index (χ4n) is 2.17. The summed E-state index contributed by atoms with van der Waals surface area (Å²) in [6.07, 6.45) is 4.53. The molecule has 0 bridgehead atoms. The zero-order valence-electron chi connectivity index (χ0n) is 11.0. The van der Waals surface area contributed by atoms with E-state index in [1.807, 2.05) is 11.8 Å². The minimum atomic E-state index is -0.835. The summed E-state index contributed by atoms with van der Waals surface area (Å²) in [5.74, 6) is -0.159. The molecule has 2 rings (SSSR count). The Morgan fingerprint density at radius 1 is 1.22 bits per heavy atom. The molecular weight excluding hydrogens is 232 g/mol. The van der Waals surface area contributed by atoms with E-state index in [0.717, 1.165) is 19.4 Å². The van der Waals surface area contributed by atoms with Crippen LogP contribution in [0.2, 0.25) is 0 Å². The van der Waals surface area contributed by atoms with Gasteiger partial charge in [0.2, 0.25) is 0 Å². The Hall–Kier alpha value is -1.26. The summed E-state index contributed by atoms with van der Waals surface area (Å²) < 4.78 is 0. The average molecular weight is 254 g/mol. The van der Waals surface area contributed by atoms with E-state index in [1.54, 1.807) is 4.90 Å². The number of amides is 2. The van der Waals surface area contributed by atoms with E-state index in [0.29, 0.717) is 19.0 Å². The Morgan fingerprint density at radius 3 is 2.33 bits per heavy atom. The van der Waals surface area contributed by atoms with Gasteiger partial charge in [0.15, 0.2) is 0 Å². The zero-order chi connectivity index (χ0) is 13.1. The van der Waals surface area contributed by atoms with Gasteiger partial charge in [-0.05, 0) is 38.5 Å². The molecule has 0 radical (unpaired) electrons. The molecule has 2 aliphatic rings. The number of hydrogen-bond acceptors (Lipinski definition) is 2. The second kappa shape index (κ2) is 5.59. The number of rotatable bonds is 7. The summed E-state index contributed by atoms with van der Waals surface area (Å²) in [7, 11) is 0. The Labute approximate surface area is 108 Å². The maximum Gasteiger partial charge on any atom is 0.320 e. The van der Waals surface area contributed by atoms with E-state index in [1.165, 1.54) is 12.8 Å². The van der Waals surface area contributed by atoms with Crippen molar-refractivity contribution in [2.24, 2.45) is 5.92 Å². The number of hydrogen-bond donors (Lipinski definition) is 1. The SMILES string of the molecule is CCN(CC1CC1)C(=O)N(CCC(=O)O)C1CC1. The van der Waals surface area contributed by atoms with Crippen molar-refractivity contribution in [2.75, 3.05) is 19.6 Å². The first kappa shape index (κ1) is 13.2. The summed E-state index contributed by atoms with van der Waals surface area (Å²) in [6, 6.07) is 0.318. The van der Waals surface area contributed by atoms with Gasteiger partial charge in [-0.2, -0.15) is 0 Å². The number of urea groups is 1. The molecule has 5 nitrogen and oxygen atoms in total. The Morgan fingerprint density at radius 2 is 1.89 bits per heavy atom. The van der Waals surface area contributed by atoms with Crippen LogP contribution in [-0.4, -0.2) is 52.6 Å². The van der Waals surface area contributed by atoms with Crippen LogP contribution >= 0.6 is 0 Å². The Bertz CT molecular complexity index is 324. The van der Waals surface area contributed by atoms with Crippen molar-refractivity contribution in [2.45, 2.75) is 45.1 Å². The standard InChI is InChI=1S/C13H22N2O3/c1-2-14(9-10-3-4-10)13(18)15(11-5-6-11)8-7-12(16)17/h10-11H,2-9H2,1H3,(H,16,17). The monoisotopic (exact) mass is 254 g/mol.